The summed E-state index contributed by atoms with van der Waals surface area (Å²) in [7, 11) is 2.34. The molecule has 3 heteroatoms. The Labute approximate surface area is 61.5 Å². The summed E-state index contributed by atoms with van der Waals surface area (Å²) in [6.07, 6.45) is 7.72. The van der Waals surface area contributed by atoms with Crippen molar-refractivity contribution < 1.29 is 0 Å². The molecular weight excluding hydrogens is 123 g/mol. The van der Waals surface area contributed by atoms with E-state index in [2.05, 4.69) is 12.4 Å². The van der Waals surface area contributed by atoms with Crippen molar-refractivity contribution >= 4 is 7.28 Å². The Morgan fingerprint density at radius 1 is 1.60 bits per heavy atom. The summed E-state index contributed by atoms with van der Waals surface area (Å²) in [4.78, 5) is 0. The second kappa shape index (κ2) is 2.49. The first-order valence-corrected chi connectivity index (χ1v) is 3.79. The van der Waals surface area contributed by atoms with E-state index in [0.717, 1.165) is 0 Å². The molecule has 1 aliphatic rings. The van der Waals surface area contributed by atoms with Crippen molar-refractivity contribution in [2.45, 2.75) is 25.1 Å². The van der Waals surface area contributed by atoms with Gasteiger partial charge < -0.3 is 0 Å². The van der Waals surface area contributed by atoms with Crippen molar-refractivity contribution in [1.29, 1.82) is 0 Å². The van der Waals surface area contributed by atoms with Gasteiger partial charge >= 0.3 is 0 Å². The molecule has 1 atom stereocenters. The molecule has 1 radical (unpaired) electrons. The highest BCUT2D eigenvalue weighted by Crippen LogP contribution is 2.21. The third-order valence-electron chi connectivity index (χ3n) is 2.01. The smallest absolute Gasteiger partial charge is 0.143 e. The Balaban J connectivity index is 2.12. The standard InChI is InChI=1S/C7H10BN2/c1-3-7(8-4-1)10-6-2-5-9-10/h2,5-7H,1,3-4H2. The zero-order valence-electron chi connectivity index (χ0n) is 5.90. The van der Waals surface area contributed by atoms with Crippen LogP contribution in [0.25, 0.3) is 0 Å². The van der Waals surface area contributed by atoms with E-state index in [1.54, 1.807) is 0 Å². The van der Waals surface area contributed by atoms with Gasteiger partial charge in [0.2, 0.25) is 0 Å². The molecular formula is C7H10BN2. The number of rotatable bonds is 1. The van der Waals surface area contributed by atoms with Crippen molar-refractivity contribution in [3.63, 3.8) is 0 Å². The maximum atomic E-state index is 4.18. The molecule has 2 heterocycles. The second-order valence-corrected chi connectivity index (χ2v) is 2.72. The normalized spacial score (nSPS) is 24.6. The highest BCUT2D eigenvalue weighted by molar-refractivity contribution is 6.37. The van der Waals surface area contributed by atoms with Crippen molar-refractivity contribution in [1.82, 2.24) is 9.78 Å². The lowest BCUT2D eigenvalue weighted by atomic mass is 9.72. The fourth-order valence-corrected chi connectivity index (χ4v) is 1.47. The molecule has 1 aromatic rings. The molecule has 2 rings (SSSR count). The van der Waals surface area contributed by atoms with Gasteiger partial charge in [-0.05, 0) is 12.5 Å². The minimum atomic E-state index is 0.579. The van der Waals surface area contributed by atoms with Gasteiger partial charge in [-0.15, -0.1) is 0 Å². The minimum absolute atomic E-state index is 0.579. The van der Waals surface area contributed by atoms with Crippen molar-refractivity contribution in [2.75, 3.05) is 0 Å². The van der Waals surface area contributed by atoms with E-state index >= 15 is 0 Å². The Hall–Kier alpha value is -0.725. The van der Waals surface area contributed by atoms with Crippen LogP contribution in [0.3, 0.4) is 0 Å². The molecule has 1 saturated heterocycles. The molecule has 0 aromatic carbocycles. The fourth-order valence-electron chi connectivity index (χ4n) is 1.47. The van der Waals surface area contributed by atoms with Crippen LogP contribution in [0.2, 0.25) is 6.32 Å². The van der Waals surface area contributed by atoms with Crippen molar-refractivity contribution in [3.05, 3.63) is 18.5 Å². The Morgan fingerprint density at radius 3 is 3.20 bits per heavy atom. The van der Waals surface area contributed by atoms with Crippen LogP contribution in [0.15, 0.2) is 18.5 Å². The van der Waals surface area contributed by atoms with Crippen LogP contribution in [0.4, 0.5) is 0 Å². The molecule has 51 valence electrons. The zero-order valence-corrected chi connectivity index (χ0v) is 5.90. The molecule has 10 heavy (non-hydrogen) atoms. The predicted octanol–water partition coefficient (Wildman–Crippen LogP) is 1.30. The average Bonchev–Trinajstić information content (AvgIpc) is 2.59. The summed E-state index contributed by atoms with van der Waals surface area (Å²) >= 11 is 0. The molecule has 2 nitrogen and oxygen atoms in total. The third-order valence-corrected chi connectivity index (χ3v) is 2.01. The number of nitrogens with zero attached hydrogens (tertiary/aromatic N) is 2. The molecule has 0 saturated carbocycles. The SMILES string of the molecule is [B]1CCCC1n1cccn1. The van der Waals surface area contributed by atoms with Gasteiger partial charge in [0.1, 0.15) is 7.28 Å². The molecule has 0 amide bonds. The van der Waals surface area contributed by atoms with Crippen molar-refractivity contribution in [3.8, 4) is 0 Å². The largest absolute Gasteiger partial charge is 0.278 e. The van der Waals surface area contributed by atoms with E-state index in [-0.39, 0.29) is 0 Å². The highest BCUT2D eigenvalue weighted by atomic mass is 15.3. The number of hydrogen-bond acceptors (Lipinski definition) is 1. The summed E-state index contributed by atoms with van der Waals surface area (Å²) < 4.78 is 2.03. The third kappa shape index (κ3) is 0.960. The minimum Gasteiger partial charge on any atom is -0.278 e. The summed E-state index contributed by atoms with van der Waals surface area (Å²) in [6, 6.07) is 1.98. The van der Waals surface area contributed by atoms with Gasteiger partial charge in [0.15, 0.2) is 0 Å². The van der Waals surface area contributed by atoms with Crippen LogP contribution < -0.4 is 0 Å². The van der Waals surface area contributed by atoms with Crippen LogP contribution in [-0.2, 0) is 0 Å². The first-order valence-electron chi connectivity index (χ1n) is 3.79. The van der Waals surface area contributed by atoms with Crippen LogP contribution in [0.5, 0.6) is 0 Å². The number of aromatic nitrogens is 2. The fraction of sp³-hybridized carbons (Fsp3) is 0.571. The van der Waals surface area contributed by atoms with Gasteiger partial charge in [0, 0.05) is 18.3 Å². The second-order valence-electron chi connectivity index (χ2n) is 2.72. The van der Waals surface area contributed by atoms with E-state index in [1.807, 2.05) is 23.1 Å². The Morgan fingerprint density at radius 2 is 2.60 bits per heavy atom. The van der Waals surface area contributed by atoms with E-state index in [1.165, 1.54) is 19.2 Å². The monoisotopic (exact) mass is 133 g/mol. The van der Waals surface area contributed by atoms with Gasteiger partial charge in [0.25, 0.3) is 0 Å². The van der Waals surface area contributed by atoms with Gasteiger partial charge in [0.05, 0.1) is 0 Å². The van der Waals surface area contributed by atoms with Gasteiger partial charge in [-0.25, -0.2) is 0 Å². The van der Waals surface area contributed by atoms with Gasteiger partial charge in [-0.1, -0.05) is 12.7 Å². The lowest BCUT2D eigenvalue weighted by Gasteiger charge is -2.07. The number of hydrogen-bond donors (Lipinski definition) is 0. The molecule has 1 aliphatic heterocycles. The Bertz CT molecular complexity index is 189. The topological polar surface area (TPSA) is 17.8 Å². The summed E-state index contributed by atoms with van der Waals surface area (Å²) in [5.74, 6) is 0.579. The molecule has 1 aromatic heterocycles. The van der Waals surface area contributed by atoms with Gasteiger partial charge in [-0.2, -0.15) is 5.10 Å². The molecule has 0 spiro atoms. The zero-order chi connectivity index (χ0) is 6.81. The van der Waals surface area contributed by atoms with Gasteiger partial charge in [-0.3, -0.25) is 4.68 Å². The van der Waals surface area contributed by atoms with Crippen LogP contribution >= 0.6 is 0 Å². The summed E-state index contributed by atoms with van der Waals surface area (Å²) in [5.41, 5.74) is 0. The van der Waals surface area contributed by atoms with E-state index < -0.39 is 0 Å². The molecule has 1 unspecified atom stereocenters. The van der Waals surface area contributed by atoms with E-state index in [0.29, 0.717) is 5.94 Å². The maximum absolute atomic E-state index is 4.18. The predicted molar refractivity (Wildman–Crippen MR) is 41.1 cm³/mol. The molecule has 0 N–H and O–H groups in total. The van der Waals surface area contributed by atoms with E-state index in [9.17, 15) is 0 Å². The van der Waals surface area contributed by atoms with Crippen LogP contribution in [0.1, 0.15) is 18.8 Å². The van der Waals surface area contributed by atoms with Crippen LogP contribution in [0, 0.1) is 0 Å². The molecule has 0 bridgehead atoms. The maximum Gasteiger partial charge on any atom is 0.143 e. The average molecular weight is 133 g/mol. The first-order chi connectivity index (χ1) is 4.97. The molecule has 1 fully saturated rings. The lowest BCUT2D eigenvalue weighted by molar-refractivity contribution is 0.568. The lowest BCUT2D eigenvalue weighted by Crippen LogP contribution is -2.10. The van der Waals surface area contributed by atoms with Crippen LogP contribution in [-0.4, -0.2) is 17.1 Å². The summed E-state index contributed by atoms with van der Waals surface area (Å²) in [6.45, 7) is 0. The summed E-state index contributed by atoms with van der Waals surface area (Å²) in [5, 5.41) is 4.18. The first kappa shape index (κ1) is 6.02. The van der Waals surface area contributed by atoms with E-state index in [4.69, 9.17) is 0 Å². The van der Waals surface area contributed by atoms with Crippen molar-refractivity contribution in [2.24, 2.45) is 0 Å². The highest BCUT2D eigenvalue weighted by Gasteiger charge is 2.17. The Kier molecular flexibility index (Phi) is 1.49. The molecule has 0 aliphatic carbocycles. The quantitative estimate of drug-likeness (QED) is 0.528.